The van der Waals surface area contributed by atoms with Crippen LogP contribution in [0.5, 0.6) is 0 Å². The summed E-state index contributed by atoms with van der Waals surface area (Å²) in [4.78, 5) is 25.3. The lowest BCUT2D eigenvalue weighted by Gasteiger charge is -2.17. The molecule has 0 saturated carbocycles. The summed E-state index contributed by atoms with van der Waals surface area (Å²) < 4.78 is 8.83. The Labute approximate surface area is 326 Å². The van der Waals surface area contributed by atoms with Crippen molar-refractivity contribution < 1.29 is 4.42 Å². The van der Waals surface area contributed by atoms with Crippen LogP contribution in [0, 0.1) is 0 Å². The normalized spacial score (nSPS) is 14.2. The Kier molecular flexibility index (Phi) is 7.70. The minimum atomic E-state index is 0.0244. The van der Waals surface area contributed by atoms with Gasteiger partial charge in [-0.15, -0.1) is 11.3 Å². The van der Waals surface area contributed by atoms with Crippen LogP contribution in [-0.2, 0) is 0 Å². The number of hydrogen-bond donors (Lipinski definition) is 0. The molecule has 4 heterocycles. The molecule has 6 nitrogen and oxygen atoms in total. The average Bonchev–Trinajstić information content (AvgIpc) is 3.84. The van der Waals surface area contributed by atoms with Crippen molar-refractivity contribution in [3.05, 3.63) is 181 Å². The second kappa shape index (κ2) is 13.3. The number of hydrogen-bond acceptors (Lipinski definition) is 7. The van der Waals surface area contributed by atoms with E-state index in [1.807, 2.05) is 78.9 Å². The molecular weight excluding hydrogens is 707 g/mol. The SMILES string of the molecule is C1=CC(c2ccc3c(c2)oc2ccc(-c4nc(-c5ccccc5)nc(-c5ccccc5)n4)cc23)=CC(c2nc(-c3ccccc3)c3sc4ccccc4c3n2)C1. The van der Waals surface area contributed by atoms with Crippen LogP contribution in [0.15, 0.2) is 174 Å². The highest BCUT2D eigenvalue weighted by atomic mass is 32.1. The largest absolute Gasteiger partial charge is 0.456 e. The van der Waals surface area contributed by atoms with Crippen LogP contribution in [-0.4, -0.2) is 24.9 Å². The molecule has 0 saturated heterocycles. The molecule has 4 aromatic heterocycles. The number of fused-ring (bicyclic) bond motifs is 6. The van der Waals surface area contributed by atoms with Crippen molar-refractivity contribution in [2.75, 3.05) is 0 Å². The molecule has 11 rings (SSSR count). The van der Waals surface area contributed by atoms with Gasteiger partial charge in [-0.1, -0.05) is 133 Å². The molecule has 0 bridgehead atoms. The maximum atomic E-state index is 6.49. The third-order valence-corrected chi connectivity index (χ3v) is 11.6. The van der Waals surface area contributed by atoms with Crippen molar-refractivity contribution in [1.29, 1.82) is 0 Å². The van der Waals surface area contributed by atoms with Crippen LogP contribution in [0.4, 0.5) is 0 Å². The van der Waals surface area contributed by atoms with Gasteiger partial charge >= 0.3 is 0 Å². The monoisotopic (exact) mass is 737 g/mol. The van der Waals surface area contributed by atoms with E-state index in [4.69, 9.17) is 29.3 Å². The molecule has 1 atom stereocenters. The highest BCUT2D eigenvalue weighted by Crippen LogP contribution is 2.41. The number of benzene rings is 6. The zero-order chi connectivity index (χ0) is 37.0. The van der Waals surface area contributed by atoms with E-state index >= 15 is 0 Å². The Bertz CT molecular complexity index is 3110. The Morgan fingerprint density at radius 3 is 1.88 bits per heavy atom. The second-order valence-electron chi connectivity index (χ2n) is 14.0. The van der Waals surface area contributed by atoms with E-state index in [1.54, 1.807) is 11.3 Å². The van der Waals surface area contributed by atoms with E-state index in [-0.39, 0.29) is 5.92 Å². The second-order valence-corrected chi connectivity index (χ2v) is 15.1. The molecule has 6 aromatic carbocycles. The summed E-state index contributed by atoms with van der Waals surface area (Å²) in [6, 6.07) is 51.7. The first-order chi connectivity index (χ1) is 27.7. The number of rotatable bonds is 6. The van der Waals surface area contributed by atoms with Gasteiger partial charge in [-0.05, 0) is 54.0 Å². The fourth-order valence-corrected chi connectivity index (χ4v) is 8.81. The molecule has 56 heavy (non-hydrogen) atoms. The van der Waals surface area contributed by atoms with Crippen molar-refractivity contribution in [1.82, 2.24) is 24.9 Å². The zero-order valence-corrected chi connectivity index (χ0v) is 30.8. The van der Waals surface area contributed by atoms with E-state index in [2.05, 4.69) is 91.0 Å². The summed E-state index contributed by atoms with van der Waals surface area (Å²) in [6.07, 6.45) is 7.57. The molecule has 0 N–H and O–H groups in total. The lowest BCUT2D eigenvalue weighted by molar-refractivity contribution is 0.669. The molecule has 0 amide bonds. The van der Waals surface area contributed by atoms with Gasteiger partial charge in [0.15, 0.2) is 17.5 Å². The van der Waals surface area contributed by atoms with Gasteiger partial charge in [0, 0.05) is 49.0 Å². The zero-order valence-electron chi connectivity index (χ0n) is 30.0. The summed E-state index contributed by atoms with van der Waals surface area (Å²) in [5, 5.41) is 3.22. The van der Waals surface area contributed by atoms with E-state index in [1.165, 1.54) is 10.1 Å². The van der Waals surface area contributed by atoms with Crippen LogP contribution < -0.4 is 0 Å². The molecule has 0 fully saturated rings. The number of allylic oxidation sites excluding steroid dienone is 4. The smallest absolute Gasteiger partial charge is 0.164 e. The summed E-state index contributed by atoms with van der Waals surface area (Å²) in [5.74, 6) is 2.74. The van der Waals surface area contributed by atoms with Gasteiger partial charge in [0.2, 0.25) is 0 Å². The highest BCUT2D eigenvalue weighted by molar-refractivity contribution is 7.26. The number of furan rings is 1. The molecule has 0 spiro atoms. The van der Waals surface area contributed by atoms with Crippen molar-refractivity contribution in [3.63, 3.8) is 0 Å². The first-order valence-electron chi connectivity index (χ1n) is 18.7. The van der Waals surface area contributed by atoms with E-state index < -0.39 is 0 Å². The maximum absolute atomic E-state index is 6.49. The van der Waals surface area contributed by atoms with Crippen LogP contribution >= 0.6 is 11.3 Å². The fraction of sp³-hybridized carbons (Fsp3) is 0.0408. The standard InChI is InChI=1S/C49H31N5OS/c1-4-13-30(14-5-1)43-45-44(38-21-10-11-22-42(38)56-45)51-48(50-43)35-20-12-19-33(27-35)34-23-25-37-39-28-36(24-26-40(39)55-41(37)29-34)49-53-46(31-15-6-2-7-16-31)52-47(54-49)32-17-8-3-9-18-32/h1-19,21-29,35H,20H2. The quantitative estimate of drug-likeness (QED) is 0.169. The van der Waals surface area contributed by atoms with Gasteiger partial charge in [-0.2, -0.15) is 0 Å². The van der Waals surface area contributed by atoms with Gasteiger partial charge in [0.05, 0.1) is 15.9 Å². The molecule has 0 radical (unpaired) electrons. The van der Waals surface area contributed by atoms with E-state index in [0.29, 0.717) is 17.5 Å². The number of thiophene rings is 1. The molecule has 1 unspecified atom stereocenters. The van der Waals surface area contributed by atoms with Crippen LogP contribution in [0.1, 0.15) is 23.7 Å². The van der Waals surface area contributed by atoms with E-state index in [0.717, 1.165) is 83.5 Å². The predicted molar refractivity (Wildman–Crippen MR) is 228 cm³/mol. The third kappa shape index (κ3) is 5.68. The third-order valence-electron chi connectivity index (χ3n) is 10.4. The average molecular weight is 738 g/mol. The molecule has 7 heteroatoms. The Balaban J connectivity index is 0.973. The minimum absolute atomic E-state index is 0.0244. The molecule has 0 aliphatic heterocycles. The summed E-state index contributed by atoms with van der Waals surface area (Å²) in [5.41, 5.74) is 9.72. The van der Waals surface area contributed by atoms with E-state index in [9.17, 15) is 0 Å². The van der Waals surface area contributed by atoms with Gasteiger partial charge in [-0.25, -0.2) is 24.9 Å². The van der Waals surface area contributed by atoms with Gasteiger partial charge < -0.3 is 4.42 Å². The Morgan fingerprint density at radius 2 is 1.14 bits per heavy atom. The molecular formula is C49H31N5OS. The Hall–Kier alpha value is -7.09. The number of aromatic nitrogens is 5. The van der Waals surface area contributed by atoms with Gasteiger partial charge in [0.25, 0.3) is 0 Å². The van der Waals surface area contributed by atoms with Crippen molar-refractivity contribution in [2.45, 2.75) is 12.3 Å². The van der Waals surface area contributed by atoms with Gasteiger partial charge in [-0.3, -0.25) is 0 Å². The summed E-state index contributed by atoms with van der Waals surface area (Å²) in [7, 11) is 0. The first kappa shape index (κ1) is 32.3. The molecule has 264 valence electrons. The highest BCUT2D eigenvalue weighted by Gasteiger charge is 2.22. The summed E-state index contributed by atoms with van der Waals surface area (Å²) in [6.45, 7) is 0. The van der Waals surface area contributed by atoms with Crippen LogP contribution in [0.25, 0.3) is 93.2 Å². The first-order valence-corrected chi connectivity index (χ1v) is 19.5. The topological polar surface area (TPSA) is 77.6 Å². The predicted octanol–water partition coefficient (Wildman–Crippen LogP) is 12.7. The number of nitrogens with zero attached hydrogens (tertiary/aromatic N) is 5. The Morgan fingerprint density at radius 1 is 0.500 bits per heavy atom. The molecule has 10 aromatic rings. The lowest BCUT2D eigenvalue weighted by Crippen LogP contribution is -2.06. The van der Waals surface area contributed by atoms with Crippen molar-refractivity contribution >= 4 is 59.2 Å². The fourth-order valence-electron chi connectivity index (χ4n) is 7.65. The molecule has 1 aliphatic rings. The van der Waals surface area contributed by atoms with Gasteiger partial charge in [0.1, 0.15) is 17.0 Å². The summed E-state index contributed by atoms with van der Waals surface area (Å²) >= 11 is 1.76. The van der Waals surface area contributed by atoms with Crippen LogP contribution in [0.2, 0.25) is 0 Å². The van der Waals surface area contributed by atoms with Crippen LogP contribution in [0.3, 0.4) is 0 Å². The minimum Gasteiger partial charge on any atom is -0.456 e. The lowest BCUT2D eigenvalue weighted by atomic mass is 9.91. The maximum Gasteiger partial charge on any atom is 0.164 e. The van der Waals surface area contributed by atoms with Crippen molar-refractivity contribution in [2.24, 2.45) is 0 Å². The van der Waals surface area contributed by atoms with Crippen molar-refractivity contribution in [3.8, 4) is 45.4 Å². The molecule has 1 aliphatic carbocycles.